The van der Waals surface area contributed by atoms with Crippen molar-refractivity contribution in [1.82, 2.24) is 5.43 Å². The van der Waals surface area contributed by atoms with E-state index in [2.05, 4.69) is 5.10 Å². The molecule has 0 radical (unpaired) electrons. The van der Waals surface area contributed by atoms with Crippen LogP contribution < -0.4 is 5.43 Å². The molecule has 0 aliphatic rings. The monoisotopic (exact) mass is 193 g/mol. The van der Waals surface area contributed by atoms with Gasteiger partial charge in [0.2, 0.25) is 6.41 Å². The Morgan fingerprint density at radius 3 is 2.79 bits per heavy atom. The fourth-order valence-electron chi connectivity index (χ4n) is 0.900. The van der Waals surface area contributed by atoms with Crippen molar-refractivity contribution in [2.45, 2.75) is 0 Å². The third-order valence-corrected chi connectivity index (χ3v) is 1.46. The van der Waals surface area contributed by atoms with Gasteiger partial charge < -0.3 is 0 Å². The lowest BCUT2D eigenvalue weighted by Crippen LogP contribution is -2.01. The van der Waals surface area contributed by atoms with E-state index in [1.54, 1.807) is 12.1 Å². The molecule has 0 bridgehead atoms. The molecule has 6 heteroatoms. The van der Waals surface area contributed by atoms with E-state index in [0.29, 0.717) is 12.0 Å². The van der Waals surface area contributed by atoms with Crippen LogP contribution in [0.25, 0.3) is 0 Å². The van der Waals surface area contributed by atoms with Crippen molar-refractivity contribution in [3.8, 4) is 0 Å². The highest BCUT2D eigenvalue weighted by atomic mass is 16.6. The van der Waals surface area contributed by atoms with Gasteiger partial charge in [0.25, 0.3) is 5.69 Å². The van der Waals surface area contributed by atoms with E-state index in [1.807, 2.05) is 5.43 Å². The fraction of sp³-hybridized carbons (Fsp3) is 0. The molecule has 1 amide bonds. The molecule has 1 N–H and O–H groups in total. The molecular weight excluding hydrogens is 186 g/mol. The van der Waals surface area contributed by atoms with Crippen LogP contribution in [0.1, 0.15) is 5.56 Å². The molecular formula is C8H7N3O3. The van der Waals surface area contributed by atoms with Gasteiger partial charge in [0.1, 0.15) is 0 Å². The number of carbonyl (C=O) groups excluding carboxylic acids is 1. The number of nitro groups is 1. The minimum absolute atomic E-state index is 0.0519. The van der Waals surface area contributed by atoms with Crippen LogP contribution >= 0.6 is 0 Å². The van der Waals surface area contributed by atoms with Gasteiger partial charge in [-0.1, -0.05) is 12.1 Å². The Labute approximate surface area is 79.4 Å². The third kappa shape index (κ3) is 2.37. The number of hydrogen-bond donors (Lipinski definition) is 1. The summed E-state index contributed by atoms with van der Waals surface area (Å²) in [5.41, 5.74) is 2.32. The number of nitrogens with zero attached hydrogens (tertiary/aromatic N) is 2. The highest BCUT2D eigenvalue weighted by Gasteiger charge is 2.09. The standard InChI is InChI=1S/C8H7N3O3/c12-6-10-9-5-7-3-1-2-4-8(7)11(13)14/h1-6H,(H,10,12)/b9-5+. The molecule has 0 aromatic heterocycles. The quantitative estimate of drug-likeness (QED) is 0.330. The van der Waals surface area contributed by atoms with Gasteiger partial charge in [-0.25, -0.2) is 5.43 Å². The number of rotatable bonds is 4. The van der Waals surface area contributed by atoms with Gasteiger partial charge in [-0.3, -0.25) is 14.9 Å². The number of benzene rings is 1. The van der Waals surface area contributed by atoms with E-state index in [-0.39, 0.29) is 5.69 Å². The van der Waals surface area contributed by atoms with Gasteiger partial charge in [-0.05, 0) is 6.07 Å². The summed E-state index contributed by atoms with van der Waals surface area (Å²) in [6.07, 6.45) is 1.60. The Hall–Kier alpha value is -2.24. The van der Waals surface area contributed by atoms with Crippen LogP contribution in [0.4, 0.5) is 5.69 Å². The summed E-state index contributed by atoms with van der Waals surface area (Å²) in [4.78, 5) is 19.9. The summed E-state index contributed by atoms with van der Waals surface area (Å²) >= 11 is 0. The van der Waals surface area contributed by atoms with Gasteiger partial charge >= 0.3 is 0 Å². The second kappa shape index (κ2) is 4.70. The number of hydrazone groups is 1. The van der Waals surface area contributed by atoms with E-state index in [0.717, 1.165) is 0 Å². The Morgan fingerprint density at radius 1 is 1.43 bits per heavy atom. The molecule has 0 saturated carbocycles. The summed E-state index contributed by atoms with van der Waals surface area (Å²) in [5.74, 6) is 0. The van der Waals surface area contributed by atoms with Crippen LogP contribution in [0.5, 0.6) is 0 Å². The lowest BCUT2D eigenvalue weighted by Gasteiger charge is -1.94. The van der Waals surface area contributed by atoms with Crippen molar-refractivity contribution in [3.05, 3.63) is 39.9 Å². The highest BCUT2D eigenvalue weighted by molar-refractivity contribution is 5.85. The third-order valence-electron chi connectivity index (χ3n) is 1.46. The highest BCUT2D eigenvalue weighted by Crippen LogP contribution is 2.14. The maximum atomic E-state index is 10.5. The van der Waals surface area contributed by atoms with Crippen molar-refractivity contribution in [2.75, 3.05) is 0 Å². The summed E-state index contributed by atoms with van der Waals surface area (Å²) < 4.78 is 0. The minimum atomic E-state index is -0.512. The summed E-state index contributed by atoms with van der Waals surface area (Å²) in [6, 6.07) is 6.11. The Kier molecular flexibility index (Phi) is 3.31. The van der Waals surface area contributed by atoms with Crippen LogP contribution in [-0.4, -0.2) is 17.5 Å². The second-order valence-corrected chi connectivity index (χ2v) is 2.32. The first-order valence-electron chi connectivity index (χ1n) is 3.71. The maximum Gasteiger partial charge on any atom is 0.278 e. The number of nitrogens with one attached hydrogen (secondary N) is 1. The molecule has 1 rings (SSSR count). The van der Waals surface area contributed by atoms with Crippen molar-refractivity contribution < 1.29 is 9.72 Å². The predicted octanol–water partition coefficient (Wildman–Crippen LogP) is 0.675. The first kappa shape index (κ1) is 9.85. The molecule has 0 saturated heterocycles. The zero-order valence-corrected chi connectivity index (χ0v) is 7.08. The molecule has 6 nitrogen and oxygen atoms in total. The van der Waals surface area contributed by atoms with Gasteiger partial charge in [0, 0.05) is 6.07 Å². The molecule has 1 aromatic rings. The molecule has 14 heavy (non-hydrogen) atoms. The lowest BCUT2D eigenvalue weighted by atomic mass is 10.2. The molecule has 0 atom stereocenters. The molecule has 0 spiro atoms. The average Bonchev–Trinajstić information content (AvgIpc) is 2.19. The molecule has 1 aromatic carbocycles. The largest absolute Gasteiger partial charge is 0.278 e. The van der Waals surface area contributed by atoms with E-state index in [1.165, 1.54) is 18.3 Å². The van der Waals surface area contributed by atoms with E-state index >= 15 is 0 Å². The minimum Gasteiger partial charge on any atom is -0.277 e. The summed E-state index contributed by atoms with van der Waals surface area (Å²) in [7, 11) is 0. The van der Waals surface area contributed by atoms with Gasteiger partial charge in [-0.15, -0.1) is 0 Å². The second-order valence-electron chi connectivity index (χ2n) is 2.32. The van der Waals surface area contributed by atoms with Crippen molar-refractivity contribution in [2.24, 2.45) is 5.10 Å². The first-order valence-corrected chi connectivity index (χ1v) is 3.71. The van der Waals surface area contributed by atoms with Crippen molar-refractivity contribution >= 4 is 18.3 Å². The summed E-state index contributed by atoms with van der Waals surface area (Å²) in [5, 5.41) is 14.0. The van der Waals surface area contributed by atoms with Crippen LogP contribution in [0.3, 0.4) is 0 Å². The Morgan fingerprint density at radius 2 is 2.14 bits per heavy atom. The smallest absolute Gasteiger partial charge is 0.277 e. The summed E-state index contributed by atoms with van der Waals surface area (Å²) in [6.45, 7) is 0. The zero-order valence-electron chi connectivity index (χ0n) is 7.08. The maximum absolute atomic E-state index is 10.5. The van der Waals surface area contributed by atoms with Crippen molar-refractivity contribution in [3.63, 3.8) is 0 Å². The zero-order chi connectivity index (χ0) is 10.4. The Balaban J connectivity index is 2.95. The molecule has 72 valence electrons. The SMILES string of the molecule is O=CN/N=C/c1ccccc1[N+](=O)[O-]. The normalized spacial score (nSPS) is 10.0. The lowest BCUT2D eigenvalue weighted by molar-refractivity contribution is -0.385. The van der Waals surface area contributed by atoms with Crippen molar-refractivity contribution in [1.29, 1.82) is 0 Å². The number of amides is 1. The molecule has 0 heterocycles. The van der Waals surface area contributed by atoms with Crippen LogP contribution in [0, 0.1) is 10.1 Å². The average molecular weight is 193 g/mol. The topological polar surface area (TPSA) is 84.6 Å². The van der Waals surface area contributed by atoms with Gasteiger partial charge in [-0.2, -0.15) is 5.10 Å². The molecule has 0 unspecified atom stereocenters. The predicted molar refractivity (Wildman–Crippen MR) is 49.9 cm³/mol. The van der Waals surface area contributed by atoms with E-state index in [4.69, 9.17) is 0 Å². The van der Waals surface area contributed by atoms with Gasteiger partial charge in [0.05, 0.1) is 16.7 Å². The van der Waals surface area contributed by atoms with Gasteiger partial charge in [0.15, 0.2) is 0 Å². The number of para-hydroxylation sites is 1. The van der Waals surface area contributed by atoms with Crippen LogP contribution in [0.2, 0.25) is 0 Å². The van der Waals surface area contributed by atoms with E-state index in [9.17, 15) is 14.9 Å². The number of hydrogen-bond acceptors (Lipinski definition) is 4. The van der Waals surface area contributed by atoms with Crippen LogP contribution in [-0.2, 0) is 4.79 Å². The first-order chi connectivity index (χ1) is 6.75. The van der Waals surface area contributed by atoms with E-state index < -0.39 is 4.92 Å². The fourth-order valence-corrected chi connectivity index (χ4v) is 0.900. The number of carbonyl (C=O) groups is 1. The molecule has 0 aliphatic carbocycles. The molecule has 0 fully saturated rings. The number of nitro benzene ring substituents is 1. The Bertz CT molecular complexity index is 376. The molecule has 0 aliphatic heterocycles. The van der Waals surface area contributed by atoms with Crippen LogP contribution in [0.15, 0.2) is 29.4 Å².